The number of nitrogens with zero attached hydrogens (tertiary/aromatic N) is 2. The Hall–Kier alpha value is -2.18. The van der Waals surface area contributed by atoms with E-state index in [-0.39, 0.29) is 17.5 Å². The van der Waals surface area contributed by atoms with Crippen molar-refractivity contribution in [1.29, 1.82) is 0 Å². The lowest BCUT2D eigenvalue weighted by Gasteiger charge is -2.11. The molecule has 5 nitrogen and oxygen atoms in total. The standard InChI is InChI=1S/C11H15F2N5/c1-2-9(17-11(16)18-10(14)15)7-4-3-6(12)5-8(7)13/h3-5,9H,2H2,1H3,(H6,14,15,16,17,18). The van der Waals surface area contributed by atoms with Gasteiger partial charge in [-0.25, -0.2) is 13.8 Å². The number of hydrogen-bond acceptors (Lipinski definition) is 1. The zero-order valence-corrected chi connectivity index (χ0v) is 9.90. The van der Waals surface area contributed by atoms with E-state index in [2.05, 4.69) is 9.98 Å². The molecule has 0 bridgehead atoms. The van der Waals surface area contributed by atoms with Crippen LogP contribution in [-0.2, 0) is 0 Å². The summed E-state index contributed by atoms with van der Waals surface area (Å²) >= 11 is 0. The maximum absolute atomic E-state index is 13.6. The molecule has 0 aliphatic carbocycles. The van der Waals surface area contributed by atoms with Gasteiger partial charge in [0.2, 0.25) is 5.96 Å². The van der Waals surface area contributed by atoms with Crippen molar-refractivity contribution >= 4 is 11.9 Å². The predicted molar refractivity (Wildman–Crippen MR) is 66.8 cm³/mol. The molecule has 0 heterocycles. The molecule has 1 rings (SSSR count). The van der Waals surface area contributed by atoms with Crippen molar-refractivity contribution in [2.24, 2.45) is 27.2 Å². The van der Waals surface area contributed by atoms with Crippen molar-refractivity contribution in [3.8, 4) is 0 Å². The number of benzene rings is 1. The largest absolute Gasteiger partial charge is 0.370 e. The van der Waals surface area contributed by atoms with Gasteiger partial charge in [-0.3, -0.25) is 0 Å². The van der Waals surface area contributed by atoms with Crippen molar-refractivity contribution in [3.05, 3.63) is 35.4 Å². The first kappa shape index (κ1) is 13.9. The van der Waals surface area contributed by atoms with Gasteiger partial charge >= 0.3 is 0 Å². The highest BCUT2D eigenvalue weighted by atomic mass is 19.1. The zero-order chi connectivity index (χ0) is 13.7. The third kappa shape index (κ3) is 3.69. The van der Waals surface area contributed by atoms with E-state index in [9.17, 15) is 8.78 Å². The van der Waals surface area contributed by atoms with Crippen LogP contribution >= 0.6 is 0 Å². The van der Waals surface area contributed by atoms with E-state index < -0.39 is 17.7 Å². The summed E-state index contributed by atoms with van der Waals surface area (Å²) < 4.78 is 26.4. The van der Waals surface area contributed by atoms with Crippen LogP contribution in [0.5, 0.6) is 0 Å². The van der Waals surface area contributed by atoms with Gasteiger partial charge in [-0.05, 0) is 12.5 Å². The van der Waals surface area contributed by atoms with Crippen LogP contribution in [0, 0.1) is 11.6 Å². The van der Waals surface area contributed by atoms with Crippen LogP contribution in [0.15, 0.2) is 28.2 Å². The monoisotopic (exact) mass is 255 g/mol. The summed E-state index contributed by atoms with van der Waals surface area (Å²) in [5.74, 6) is -1.70. The van der Waals surface area contributed by atoms with E-state index in [1.54, 1.807) is 6.92 Å². The Bertz CT molecular complexity index is 480. The van der Waals surface area contributed by atoms with E-state index in [1.165, 1.54) is 6.07 Å². The minimum Gasteiger partial charge on any atom is -0.370 e. The van der Waals surface area contributed by atoms with Gasteiger partial charge in [0, 0.05) is 11.6 Å². The molecule has 6 N–H and O–H groups in total. The van der Waals surface area contributed by atoms with Crippen LogP contribution in [0.25, 0.3) is 0 Å². The van der Waals surface area contributed by atoms with Crippen molar-refractivity contribution in [2.75, 3.05) is 0 Å². The van der Waals surface area contributed by atoms with Crippen molar-refractivity contribution in [2.45, 2.75) is 19.4 Å². The van der Waals surface area contributed by atoms with Crippen molar-refractivity contribution in [3.63, 3.8) is 0 Å². The zero-order valence-electron chi connectivity index (χ0n) is 9.90. The Morgan fingerprint density at radius 2 is 1.94 bits per heavy atom. The Morgan fingerprint density at radius 1 is 1.28 bits per heavy atom. The fraction of sp³-hybridized carbons (Fsp3) is 0.273. The summed E-state index contributed by atoms with van der Waals surface area (Å²) in [4.78, 5) is 7.52. The summed E-state index contributed by atoms with van der Waals surface area (Å²) in [5, 5.41) is 0. The van der Waals surface area contributed by atoms with Gasteiger partial charge in [-0.15, -0.1) is 0 Å². The van der Waals surface area contributed by atoms with E-state index in [4.69, 9.17) is 17.2 Å². The average molecular weight is 255 g/mol. The number of rotatable bonds is 3. The summed E-state index contributed by atoms with van der Waals surface area (Å²) in [6.45, 7) is 1.79. The normalized spacial score (nSPS) is 13.2. The third-order valence-corrected chi connectivity index (χ3v) is 2.24. The van der Waals surface area contributed by atoms with Crippen LogP contribution in [0.2, 0.25) is 0 Å². The lowest BCUT2D eigenvalue weighted by molar-refractivity contribution is 0.551. The second kappa shape index (κ2) is 5.95. The molecule has 0 saturated heterocycles. The SMILES string of the molecule is CCC(N=C(N)N=C(N)N)c1ccc(F)cc1F. The molecule has 0 amide bonds. The minimum atomic E-state index is -0.678. The maximum atomic E-state index is 13.6. The molecule has 0 radical (unpaired) electrons. The fourth-order valence-corrected chi connectivity index (χ4v) is 1.47. The molecule has 0 aromatic heterocycles. The molecule has 0 saturated carbocycles. The fourth-order valence-electron chi connectivity index (χ4n) is 1.47. The molecular weight excluding hydrogens is 240 g/mol. The van der Waals surface area contributed by atoms with Gasteiger partial charge in [0.05, 0.1) is 6.04 Å². The molecule has 18 heavy (non-hydrogen) atoms. The summed E-state index contributed by atoms with van der Waals surface area (Å²) in [5.41, 5.74) is 16.0. The van der Waals surface area contributed by atoms with Gasteiger partial charge in [0.1, 0.15) is 11.6 Å². The number of halogens is 2. The molecule has 0 aliphatic rings. The van der Waals surface area contributed by atoms with Gasteiger partial charge in [-0.2, -0.15) is 4.99 Å². The first-order valence-corrected chi connectivity index (χ1v) is 5.32. The number of guanidine groups is 2. The smallest absolute Gasteiger partial charge is 0.219 e. The quantitative estimate of drug-likeness (QED) is 0.554. The number of hydrogen-bond donors (Lipinski definition) is 3. The first-order valence-electron chi connectivity index (χ1n) is 5.32. The maximum Gasteiger partial charge on any atom is 0.219 e. The van der Waals surface area contributed by atoms with Crippen LogP contribution in [0.4, 0.5) is 8.78 Å². The lowest BCUT2D eigenvalue weighted by atomic mass is 10.0. The van der Waals surface area contributed by atoms with E-state index in [0.29, 0.717) is 6.42 Å². The van der Waals surface area contributed by atoms with E-state index in [0.717, 1.165) is 12.1 Å². The molecule has 7 heteroatoms. The highest BCUT2D eigenvalue weighted by molar-refractivity contribution is 5.92. The van der Waals surface area contributed by atoms with Crippen molar-refractivity contribution in [1.82, 2.24) is 0 Å². The highest BCUT2D eigenvalue weighted by Crippen LogP contribution is 2.24. The molecule has 1 aromatic rings. The molecular formula is C11H15F2N5. The Morgan fingerprint density at radius 3 is 2.44 bits per heavy atom. The molecule has 0 aliphatic heterocycles. The summed E-state index contributed by atoms with van der Waals surface area (Å²) in [7, 11) is 0. The first-order chi connectivity index (χ1) is 8.43. The molecule has 1 aromatic carbocycles. The lowest BCUT2D eigenvalue weighted by Crippen LogP contribution is -2.26. The Balaban J connectivity index is 3.07. The topological polar surface area (TPSA) is 103 Å². The van der Waals surface area contributed by atoms with Crippen LogP contribution in [0.1, 0.15) is 24.9 Å². The minimum absolute atomic E-state index is 0.148. The van der Waals surface area contributed by atoms with E-state index >= 15 is 0 Å². The second-order valence-electron chi connectivity index (χ2n) is 3.61. The molecule has 0 fully saturated rings. The van der Waals surface area contributed by atoms with Gasteiger partial charge < -0.3 is 17.2 Å². The van der Waals surface area contributed by atoms with Crippen LogP contribution < -0.4 is 17.2 Å². The van der Waals surface area contributed by atoms with Crippen molar-refractivity contribution < 1.29 is 8.78 Å². The Kier molecular flexibility index (Phi) is 4.59. The predicted octanol–water partition coefficient (Wildman–Crippen LogP) is 1.00. The second-order valence-corrected chi connectivity index (χ2v) is 3.61. The number of aliphatic imine (C=N–C) groups is 2. The molecule has 1 atom stereocenters. The molecule has 0 spiro atoms. The third-order valence-electron chi connectivity index (χ3n) is 2.24. The van der Waals surface area contributed by atoms with Gasteiger partial charge in [0.15, 0.2) is 5.96 Å². The average Bonchev–Trinajstić information content (AvgIpc) is 2.25. The highest BCUT2D eigenvalue weighted by Gasteiger charge is 2.14. The van der Waals surface area contributed by atoms with Gasteiger partial charge in [-0.1, -0.05) is 13.0 Å². The molecule has 98 valence electrons. The van der Waals surface area contributed by atoms with Crippen LogP contribution in [0.3, 0.4) is 0 Å². The van der Waals surface area contributed by atoms with Crippen LogP contribution in [-0.4, -0.2) is 11.9 Å². The number of nitrogens with two attached hydrogens (primary N) is 3. The molecule has 1 unspecified atom stereocenters. The summed E-state index contributed by atoms with van der Waals surface area (Å²) in [6, 6.07) is 2.72. The summed E-state index contributed by atoms with van der Waals surface area (Å²) in [6.07, 6.45) is 0.475. The van der Waals surface area contributed by atoms with Gasteiger partial charge in [0.25, 0.3) is 0 Å². The Labute approximate surface area is 103 Å². The van der Waals surface area contributed by atoms with E-state index in [1.807, 2.05) is 0 Å².